The third-order valence-electron chi connectivity index (χ3n) is 4.72. The number of rotatable bonds is 9. The molecule has 0 aliphatic heterocycles. The quantitative estimate of drug-likeness (QED) is 0.709. The summed E-state index contributed by atoms with van der Waals surface area (Å²) in [6, 6.07) is 3.14. The van der Waals surface area contributed by atoms with Gasteiger partial charge < -0.3 is 15.4 Å². The van der Waals surface area contributed by atoms with Crippen LogP contribution >= 0.6 is 0 Å². The summed E-state index contributed by atoms with van der Waals surface area (Å²) in [6.07, 6.45) is 9.02. The Bertz CT molecular complexity index is 585. The Kier molecular flexibility index (Phi) is 8.38. The van der Waals surface area contributed by atoms with E-state index >= 15 is 0 Å². The van der Waals surface area contributed by atoms with E-state index in [-0.39, 0.29) is 11.8 Å². The highest BCUT2D eigenvalue weighted by molar-refractivity contribution is 5.87. The number of amides is 2. The first-order valence-electron chi connectivity index (χ1n) is 9.74. The Labute approximate surface area is 156 Å². The number of nitrogens with zero attached hydrogens (tertiary/aromatic N) is 1. The van der Waals surface area contributed by atoms with E-state index in [9.17, 15) is 9.59 Å². The van der Waals surface area contributed by atoms with Crippen molar-refractivity contribution in [3.63, 3.8) is 0 Å². The van der Waals surface area contributed by atoms with Crippen molar-refractivity contribution in [3.05, 3.63) is 23.9 Å². The van der Waals surface area contributed by atoms with E-state index in [0.717, 1.165) is 24.8 Å². The molecule has 1 aromatic rings. The summed E-state index contributed by atoms with van der Waals surface area (Å²) in [5, 5.41) is 5.67. The highest BCUT2D eigenvalue weighted by Crippen LogP contribution is 2.26. The van der Waals surface area contributed by atoms with Gasteiger partial charge in [0, 0.05) is 24.7 Å². The van der Waals surface area contributed by atoms with Crippen molar-refractivity contribution in [2.45, 2.75) is 71.4 Å². The lowest BCUT2D eigenvalue weighted by atomic mass is 9.87. The molecule has 1 atom stereocenters. The van der Waals surface area contributed by atoms with Gasteiger partial charge in [-0.25, -0.2) is 4.98 Å². The number of aromatic nitrogens is 1. The smallest absolute Gasteiger partial charge is 0.242 e. The summed E-state index contributed by atoms with van der Waals surface area (Å²) in [4.78, 5) is 28.6. The molecular formula is C20H31N3O3. The van der Waals surface area contributed by atoms with Gasteiger partial charge in [-0.3, -0.25) is 9.59 Å². The van der Waals surface area contributed by atoms with Crippen molar-refractivity contribution in [1.82, 2.24) is 15.6 Å². The van der Waals surface area contributed by atoms with Crippen LogP contribution in [0.2, 0.25) is 0 Å². The number of nitrogens with one attached hydrogen (secondary N) is 2. The van der Waals surface area contributed by atoms with Crippen LogP contribution in [0.3, 0.4) is 0 Å². The van der Waals surface area contributed by atoms with Crippen molar-refractivity contribution in [2.24, 2.45) is 5.92 Å². The number of hydrogen-bond acceptors (Lipinski definition) is 4. The van der Waals surface area contributed by atoms with E-state index in [1.54, 1.807) is 13.1 Å². The zero-order valence-corrected chi connectivity index (χ0v) is 15.9. The first kappa shape index (κ1) is 20.2. The first-order chi connectivity index (χ1) is 12.6. The molecule has 0 saturated heterocycles. The monoisotopic (exact) mass is 361 g/mol. The Morgan fingerprint density at radius 3 is 2.81 bits per heavy atom. The number of pyridine rings is 1. The van der Waals surface area contributed by atoms with Gasteiger partial charge in [0.1, 0.15) is 6.04 Å². The normalized spacial score (nSPS) is 15.9. The molecule has 0 aromatic carbocycles. The second-order valence-electron chi connectivity index (χ2n) is 7.03. The lowest BCUT2D eigenvalue weighted by Gasteiger charge is -2.22. The van der Waals surface area contributed by atoms with Crippen LogP contribution in [0.25, 0.3) is 0 Å². The molecule has 1 aliphatic rings. The minimum absolute atomic E-state index is 0.0344. The Balaban J connectivity index is 1.77. The second-order valence-corrected chi connectivity index (χ2v) is 7.03. The van der Waals surface area contributed by atoms with E-state index in [4.69, 9.17) is 4.74 Å². The molecule has 1 saturated carbocycles. The predicted octanol–water partition coefficient (Wildman–Crippen LogP) is 2.96. The van der Waals surface area contributed by atoms with Gasteiger partial charge >= 0.3 is 0 Å². The molecule has 2 amide bonds. The first-order valence-corrected chi connectivity index (χ1v) is 9.74. The average molecular weight is 361 g/mol. The number of carbonyl (C=O) groups excluding carboxylic acids is 2. The molecule has 1 heterocycles. The lowest BCUT2D eigenvalue weighted by Crippen LogP contribution is -2.45. The van der Waals surface area contributed by atoms with Crippen molar-refractivity contribution in [2.75, 3.05) is 6.61 Å². The van der Waals surface area contributed by atoms with Crippen LogP contribution in [0, 0.1) is 5.92 Å². The Morgan fingerprint density at radius 1 is 1.31 bits per heavy atom. The molecule has 6 nitrogen and oxygen atoms in total. The number of carbonyl (C=O) groups is 2. The third-order valence-corrected chi connectivity index (χ3v) is 4.72. The zero-order chi connectivity index (χ0) is 18.8. The average Bonchev–Trinajstić information content (AvgIpc) is 2.65. The summed E-state index contributed by atoms with van der Waals surface area (Å²) in [5.41, 5.74) is 0.829. The molecule has 1 aliphatic carbocycles. The molecule has 0 spiro atoms. The molecule has 1 unspecified atom stereocenters. The van der Waals surface area contributed by atoms with E-state index in [1.807, 2.05) is 19.1 Å². The summed E-state index contributed by atoms with van der Waals surface area (Å²) in [7, 11) is 0. The molecule has 26 heavy (non-hydrogen) atoms. The fourth-order valence-electron chi connectivity index (χ4n) is 3.24. The highest BCUT2D eigenvalue weighted by Gasteiger charge is 2.20. The van der Waals surface area contributed by atoms with Crippen LogP contribution in [0.4, 0.5) is 0 Å². The summed E-state index contributed by atoms with van der Waals surface area (Å²) < 4.78 is 5.60. The molecular weight excluding hydrogens is 330 g/mol. The maximum Gasteiger partial charge on any atom is 0.242 e. The van der Waals surface area contributed by atoms with Crippen LogP contribution in [-0.4, -0.2) is 29.4 Å². The van der Waals surface area contributed by atoms with E-state index in [2.05, 4.69) is 15.6 Å². The molecule has 0 bridgehead atoms. The number of ether oxygens (including phenoxy) is 1. The van der Waals surface area contributed by atoms with Gasteiger partial charge in [0.25, 0.3) is 0 Å². The molecule has 1 fully saturated rings. The maximum atomic E-state index is 12.3. The zero-order valence-electron chi connectivity index (χ0n) is 15.9. The molecule has 6 heteroatoms. The van der Waals surface area contributed by atoms with Crippen LogP contribution in [-0.2, 0) is 16.1 Å². The van der Waals surface area contributed by atoms with Crippen LogP contribution < -0.4 is 15.4 Å². The summed E-state index contributed by atoms with van der Waals surface area (Å²) in [5.74, 6) is 0.775. The van der Waals surface area contributed by atoms with Gasteiger partial charge in [-0.15, -0.1) is 0 Å². The molecule has 1 aromatic heterocycles. The van der Waals surface area contributed by atoms with Gasteiger partial charge in [-0.05, 0) is 38.2 Å². The standard InChI is InChI=1S/C20H31N3O3/c1-3-12-26-20-17(10-7-11-21-20)14-22-19(25)15(2)23-18(24)13-16-8-5-4-6-9-16/h7,10-11,15-16H,3-6,8-9,12-14H2,1-2H3,(H,22,25)(H,23,24). The van der Waals surface area contributed by atoms with Crippen molar-refractivity contribution in [3.8, 4) is 5.88 Å². The molecule has 2 N–H and O–H groups in total. The number of hydrogen-bond donors (Lipinski definition) is 2. The molecule has 0 radical (unpaired) electrons. The van der Waals surface area contributed by atoms with Gasteiger partial charge in [-0.2, -0.15) is 0 Å². The Hall–Kier alpha value is -2.11. The summed E-state index contributed by atoms with van der Waals surface area (Å²) in [6.45, 7) is 4.66. The topological polar surface area (TPSA) is 80.3 Å². The van der Waals surface area contributed by atoms with Crippen LogP contribution in [0.15, 0.2) is 18.3 Å². The van der Waals surface area contributed by atoms with Crippen molar-refractivity contribution in [1.29, 1.82) is 0 Å². The second kappa shape index (κ2) is 10.8. The van der Waals surface area contributed by atoms with Gasteiger partial charge in [0.15, 0.2) is 0 Å². The van der Waals surface area contributed by atoms with Crippen molar-refractivity contribution < 1.29 is 14.3 Å². The Morgan fingerprint density at radius 2 is 2.08 bits per heavy atom. The highest BCUT2D eigenvalue weighted by atomic mass is 16.5. The van der Waals surface area contributed by atoms with Crippen LogP contribution in [0.5, 0.6) is 5.88 Å². The predicted molar refractivity (Wildman–Crippen MR) is 101 cm³/mol. The molecule has 2 rings (SSSR count). The SMILES string of the molecule is CCCOc1ncccc1CNC(=O)C(C)NC(=O)CC1CCCCC1. The third kappa shape index (κ3) is 6.65. The fraction of sp³-hybridized carbons (Fsp3) is 0.650. The fourth-order valence-corrected chi connectivity index (χ4v) is 3.24. The van der Waals surface area contributed by atoms with E-state index < -0.39 is 6.04 Å². The maximum absolute atomic E-state index is 12.3. The summed E-state index contributed by atoms with van der Waals surface area (Å²) >= 11 is 0. The van der Waals surface area contributed by atoms with E-state index in [1.165, 1.54) is 19.3 Å². The van der Waals surface area contributed by atoms with Crippen LogP contribution in [0.1, 0.15) is 64.4 Å². The van der Waals surface area contributed by atoms with Gasteiger partial charge in [-0.1, -0.05) is 32.3 Å². The largest absolute Gasteiger partial charge is 0.477 e. The van der Waals surface area contributed by atoms with Crippen molar-refractivity contribution >= 4 is 11.8 Å². The van der Waals surface area contributed by atoms with Gasteiger partial charge in [0.2, 0.25) is 17.7 Å². The minimum Gasteiger partial charge on any atom is -0.477 e. The minimum atomic E-state index is -0.553. The van der Waals surface area contributed by atoms with Gasteiger partial charge in [0.05, 0.1) is 6.61 Å². The molecule has 144 valence electrons. The lowest BCUT2D eigenvalue weighted by molar-refractivity contribution is -0.129. The van der Waals surface area contributed by atoms with E-state index in [0.29, 0.717) is 31.4 Å².